The summed E-state index contributed by atoms with van der Waals surface area (Å²) >= 11 is 0. The molecule has 0 unspecified atom stereocenters. The standard InChI is InChI=1S/C26H31FN4O5/c1-16-13-31(17(2)15-32)25(34)22-11-19(6-5-18(3)33)12-28-24(22)36-23(16)14-30(4)26(35)29-21-9-7-20(27)8-10-21/h7-12,16-18,23,32-33H,13-15H2,1-4H3,(H,29,35)/t16-,17+,18-,23+/m0/s1. The first-order valence-electron chi connectivity index (χ1n) is 11.6. The van der Waals surface area contributed by atoms with Crippen LogP contribution in [0.25, 0.3) is 0 Å². The highest BCUT2D eigenvalue weighted by atomic mass is 19.1. The number of amides is 3. The van der Waals surface area contributed by atoms with Crippen molar-refractivity contribution >= 4 is 17.6 Å². The zero-order valence-corrected chi connectivity index (χ0v) is 20.7. The highest BCUT2D eigenvalue weighted by Gasteiger charge is 2.34. The van der Waals surface area contributed by atoms with Crippen LogP contribution in [-0.2, 0) is 0 Å². The quantitative estimate of drug-likeness (QED) is 0.545. The second-order valence-electron chi connectivity index (χ2n) is 8.96. The zero-order valence-electron chi connectivity index (χ0n) is 20.7. The van der Waals surface area contributed by atoms with E-state index in [1.54, 1.807) is 24.9 Å². The van der Waals surface area contributed by atoms with Gasteiger partial charge in [0.25, 0.3) is 5.91 Å². The fourth-order valence-corrected chi connectivity index (χ4v) is 3.68. The van der Waals surface area contributed by atoms with E-state index in [4.69, 9.17) is 4.74 Å². The summed E-state index contributed by atoms with van der Waals surface area (Å²) < 4.78 is 19.3. The number of hydrogen-bond acceptors (Lipinski definition) is 6. The van der Waals surface area contributed by atoms with Gasteiger partial charge in [0, 0.05) is 37.0 Å². The maximum atomic E-state index is 13.4. The summed E-state index contributed by atoms with van der Waals surface area (Å²) in [5.41, 5.74) is 1.07. The minimum absolute atomic E-state index is 0.0987. The normalized spacial score (nSPS) is 19.0. The van der Waals surface area contributed by atoms with Crippen LogP contribution in [0.2, 0.25) is 0 Å². The molecule has 3 rings (SSSR count). The average molecular weight is 499 g/mol. The number of aromatic nitrogens is 1. The Morgan fingerprint density at radius 1 is 1.36 bits per heavy atom. The van der Waals surface area contributed by atoms with Gasteiger partial charge in [-0.15, -0.1) is 0 Å². The van der Waals surface area contributed by atoms with Crippen molar-refractivity contribution in [2.45, 2.75) is 39.0 Å². The lowest BCUT2D eigenvalue weighted by molar-refractivity contribution is 0.0356. The minimum atomic E-state index is -0.841. The molecule has 0 radical (unpaired) electrons. The molecule has 0 saturated carbocycles. The van der Waals surface area contributed by atoms with Crippen molar-refractivity contribution in [1.29, 1.82) is 0 Å². The summed E-state index contributed by atoms with van der Waals surface area (Å²) in [6.45, 7) is 5.40. The fraction of sp³-hybridized carbons (Fsp3) is 0.423. The molecule has 9 nitrogen and oxygen atoms in total. The summed E-state index contributed by atoms with van der Waals surface area (Å²) in [6.07, 6.45) is 0.0816. The number of pyridine rings is 1. The molecule has 0 aliphatic carbocycles. The van der Waals surface area contributed by atoms with Gasteiger partial charge in [-0.1, -0.05) is 18.8 Å². The van der Waals surface area contributed by atoms with E-state index in [2.05, 4.69) is 22.1 Å². The van der Waals surface area contributed by atoms with Gasteiger partial charge in [0.05, 0.1) is 19.2 Å². The summed E-state index contributed by atoms with van der Waals surface area (Å²) in [4.78, 5) is 33.4. The van der Waals surface area contributed by atoms with E-state index in [1.165, 1.54) is 42.3 Å². The second kappa shape index (κ2) is 11.8. The van der Waals surface area contributed by atoms with E-state index in [0.29, 0.717) is 11.3 Å². The van der Waals surface area contributed by atoms with Gasteiger partial charge in [-0.2, -0.15) is 0 Å². The Balaban J connectivity index is 1.87. The topological polar surface area (TPSA) is 115 Å². The summed E-state index contributed by atoms with van der Waals surface area (Å²) in [5.74, 6) is 4.53. The van der Waals surface area contributed by atoms with Crippen LogP contribution >= 0.6 is 0 Å². The van der Waals surface area contributed by atoms with E-state index >= 15 is 0 Å². The highest BCUT2D eigenvalue weighted by Crippen LogP contribution is 2.27. The Bertz CT molecular complexity index is 1150. The van der Waals surface area contributed by atoms with Crippen LogP contribution in [0.1, 0.15) is 36.7 Å². The van der Waals surface area contributed by atoms with Gasteiger partial charge in [0.1, 0.15) is 23.6 Å². The smallest absolute Gasteiger partial charge is 0.321 e. The van der Waals surface area contributed by atoms with E-state index in [0.717, 1.165) is 0 Å². The molecule has 1 aliphatic heterocycles. The predicted molar refractivity (Wildman–Crippen MR) is 132 cm³/mol. The Kier molecular flexibility index (Phi) is 8.85. The molecule has 2 aromatic rings. The number of halogens is 1. The number of fused-ring (bicyclic) bond motifs is 1. The maximum absolute atomic E-state index is 13.4. The summed E-state index contributed by atoms with van der Waals surface area (Å²) in [6, 6.07) is 6.13. The number of carbonyl (C=O) groups is 2. The lowest BCUT2D eigenvalue weighted by Crippen LogP contribution is -2.50. The Labute approximate surface area is 209 Å². The number of anilines is 1. The second-order valence-corrected chi connectivity index (χ2v) is 8.96. The lowest BCUT2D eigenvalue weighted by Gasteiger charge is -2.37. The monoisotopic (exact) mass is 498 g/mol. The molecular formula is C26H31FN4O5. The molecular weight excluding hydrogens is 467 g/mol. The molecule has 4 atom stereocenters. The van der Waals surface area contributed by atoms with Gasteiger partial charge >= 0.3 is 6.03 Å². The molecule has 3 amide bonds. The van der Waals surface area contributed by atoms with Crippen molar-refractivity contribution in [3.8, 4) is 17.7 Å². The zero-order chi connectivity index (χ0) is 26.4. The van der Waals surface area contributed by atoms with Gasteiger partial charge in [0.15, 0.2) is 0 Å². The van der Waals surface area contributed by atoms with Crippen molar-refractivity contribution in [1.82, 2.24) is 14.8 Å². The van der Waals surface area contributed by atoms with E-state index < -0.39 is 30.1 Å². The number of ether oxygens (including phenoxy) is 1. The molecule has 1 aromatic carbocycles. The van der Waals surface area contributed by atoms with Crippen molar-refractivity contribution in [3.05, 3.63) is 53.5 Å². The van der Waals surface area contributed by atoms with Crippen LogP contribution in [0, 0.1) is 23.6 Å². The number of aliphatic hydroxyl groups is 2. The molecule has 0 bridgehead atoms. The molecule has 0 saturated heterocycles. The van der Waals surface area contributed by atoms with Gasteiger partial charge in [-0.25, -0.2) is 14.2 Å². The molecule has 0 fully saturated rings. The summed E-state index contributed by atoms with van der Waals surface area (Å²) in [5, 5.41) is 21.9. The predicted octanol–water partition coefficient (Wildman–Crippen LogP) is 2.34. The number of hydrogen-bond donors (Lipinski definition) is 3. The van der Waals surface area contributed by atoms with Crippen molar-refractivity contribution in [2.24, 2.45) is 5.92 Å². The van der Waals surface area contributed by atoms with E-state index in [9.17, 15) is 24.2 Å². The van der Waals surface area contributed by atoms with Crippen LogP contribution in [0.3, 0.4) is 0 Å². The number of rotatable bonds is 5. The van der Waals surface area contributed by atoms with Crippen LogP contribution < -0.4 is 10.1 Å². The van der Waals surface area contributed by atoms with Crippen molar-refractivity contribution in [3.63, 3.8) is 0 Å². The van der Waals surface area contributed by atoms with Crippen LogP contribution in [-0.4, -0.2) is 81.9 Å². The third-order valence-corrected chi connectivity index (χ3v) is 5.84. The molecule has 10 heteroatoms. The summed E-state index contributed by atoms with van der Waals surface area (Å²) in [7, 11) is 1.61. The number of benzene rings is 1. The molecule has 0 spiro atoms. The highest BCUT2D eigenvalue weighted by molar-refractivity contribution is 5.97. The number of urea groups is 1. The Morgan fingerprint density at radius 2 is 2.06 bits per heavy atom. The SMILES string of the molecule is C[C@H](O)C#Cc1cnc2c(c1)C(=O)N([C@H](C)CO)C[C@H](C)[C@@H](CN(C)C(=O)Nc1ccc(F)cc1)O2. The third kappa shape index (κ3) is 6.71. The largest absolute Gasteiger partial charge is 0.472 e. The number of carbonyl (C=O) groups excluding carboxylic acids is 2. The van der Waals surface area contributed by atoms with Gasteiger partial charge < -0.3 is 30.1 Å². The third-order valence-electron chi connectivity index (χ3n) is 5.84. The van der Waals surface area contributed by atoms with Crippen LogP contribution in [0.5, 0.6) is 5.88 Å². The Morgan fingerprint density at radius 3 is 2.69 bits per heavy atom. The molecule has 36 heavy (non-hydrogen) atoms. The van der Waals surface area contributed by atoms with Crippen molar-refractivity contribution in [2.75, 3.05) is 32.1 Å². The molecule has 192 valence electrons. The van der Waals surface area contributed by atoms with Gasteiger partial charge in [-0.05, 0) is 44.2 Å². The first kappa shape index (κ1) is 26.9. The van der Waals surface area contributed by atoms with Crippen molar-refractivity contribution < 1.29 is 28.9 Å². The lowest BCUT2D eigenvalue weighted by atomic mass is 10.00. The van der Waals surface area contributed by atoms with E-state index in [-0.39, 0.29) is 43.0 Å². The number of nitrogens with one attached hydrogen (secondary N) is 1. The Hall–Kier alpha value is -3.68. The molecule has 1 aromatic heterocycles. The first-order valence-corrected chi connectivity index (χ1v) is 11.6. The average Bonchev–Trinajstić information content (AvgIpc) is 2.85. The van der Waals surface area contributed by atoms with Crippen LogP contribution in [0.15, 0.2) is 36.5 Å². The number of likely N-dealkylation sites (N-methyl/N-ethyl adjacent to an activating group) is 1. The van der Waals surface area contributed by atoms with Crippen LogP contribution in [0.4, 0.5) is 14.9 Å². The first-order chi connectivity index (χ1) is 17.1. The fourth-order valence-electron chi connectivity index (χ4n) is 3.68. The minimum Gasteiger partial charge on any atom is -0.472 e. The number of nitrogens with zero attached hydrogens (tertiary/aromatic N) is 3. The maximum Gasteiger partial charge on any atom is 0.321 e. The molecule has 3 N–H and O–H groups in total. The molecule has 1 aliphatic rings. The molecule has 2 heterocycles. The number of aliphatic hydroxyl groups excluding tert-OH is 2. The van der Waals surface area contributed by atoms with E-state index in [1.807, 2.05) is 6.92 Å². The van der Waals surface area contributed by atoms with Gasteiger partial charge in [-0.3, -0.25) is 4.79 Å². The van der Waals surface area contributed by atoms with Gasteiger partial charge in [0.2, 0.25) is 5.88 Å².